The molecule has 0 saturated heterocycles. The Morgan fingerprint density at radius 2 is 1.43 bits per heavy atom. The van der Waals surface area contributed by atoms with E-state index in [0.717, 1.165) is 19.3 Å². The Morgan fingerprint density at radius 3 is 1.96 bits per heavy atom. The van der Waals surface area contributed by atoms with Gasteiger partial charge in [-0.3, -0.25) is 4.79 Å². The molecule has 28 heavy (non-hydrogen) atoms. The molecule has 0 aliphatic carbocycles. The zero-order valence-electron chi connectivity index (χ0n) is 15.0. The van der Waals surface area contributed by atoms with Gasteiger partial charge in [0, 0.05) is 7.11 Å². The molecule has 6 nitrogen and oxygen atoms in total. The number of rotatable bonds is 11. The number of ether oxygens (including phenoxy) is 3. The number of esters is 2. The Hall–Kier alpha value is -0.470. The Balaban J connectivity index is 2.64. The second-order valence-electron chi connectivity index (χ2n) is 5.67. The van der Waals surface area contributed by atoms with Crippen LogP contribution < -0.4 is 10.5 Å². The molecule has 2 N–H and O–H groups in total. The molecule has 0 aliphatic rings. The first-order valence-electron chi connectivity index (χ1n) is 8.36. The van der Waals surface area contributed by atoms with Gasteiger partial charge in [-0.1, -0.05) is 70.8 Å². The molecule has 158 valence electrons. The van der Waals surface area contributed by atoms with Crippen LogP contribution in [0.3, 0.4) is 0 Å². The van der Waals surface area contributed by atoms with Crippen LogP contribution in [0.1, 0.15) is 32.1 Å². The summed E-state index contributed by atoms with van der Waals surface area (Å²) in [6.07, 6.45) is 1.89. The van der Waals surface area contributed by atoms with Crippen LogP contribution in [0.2, 0.25) is 25.1 Å². The van der Waals surface area contributed by atoms with Gasteiger partial charge in [0.1, 0.15) is 10.0 Å². The molecule has 11 heteroatoms. The molecule has 0 radical (unpaired) electrons. The van der Waals surface area contributed by atoms with Crippen LogP contribution in [-0.2, 0) is 19.1 Å². The van der Waals surface area contributed by atoms with Crippen LogP contribution in [0.15, 0.2) is 0 Å². The zero-order chi connectivity index (χ0) is 21.3. The van der Waals surface area contributed by atoms with Crippen molar-refractivity contribution >= 4 is 69.9 Å². The number of methoxy groups -OCH3 is 1. The van der Waals surface area contributed by atoms with E-state index in [1.807, 2.05) is 0 Å². The minimum absolute atomic E-state index is 0.0667. The summed E-state index contributed by atoms with van der Waals surface area (Å²) in [5.74, 6) is -1.77. The first-order chi connectivity index (χ1) is 13.2. The molecule has 0 spiro atoms. The van der Waals surface area contributed by atoms with Crippen LogP contribution in [0, 0.1) is 0 Å². The van der Waals surface area contributed by atoms with Gasteiger partial charge in [-0.2, -0.15) is 0 Å². The lowest BCUT2D eigenvalue weighted by atomic mass is 10.2. The Morgan fingerprint density at radius 1 is 0.893 bits per heavy atom. The lowest BCUT2D eigenvalue weighted by Crippen LogP contribution is -2.30. The van der Waals surface area contributed by atoms with Gasteiger partial charge in [-0.05, 0) is 19.4 Å². The lowest BCUT2D eigenvalue weighted by Gasteiger charge is -2.16. The van der Waals surface area contributed by atoms with Gasteiger partial charge in [0.05, 0.1) is 28.1 Å². The maximum Gasteiger partial charge on any atom is 0.335 e. The summed E-state index contributed by atoms with van der Waals surface area (Å²) in [6.45, 7) is 0.851. The second-order valence-corrected chi connectivity index (χ2v) is 7.56. The van der Waals surface area contributed by atoms with Gasteiger partial charge >= 0.3 is 11.9 Å². The van der Waals surface area contributed by atoms with Crippen LogP contribution in [-0.4, -0.2) is 38.3 Å². The summed E-state index contributed by atoms with van der Waals surface area (Å²) < 4.78 is 15.2. The third-order valence-corrected chi connectivity index (χ3v) is 5.87. The van der Waals surface area contributed by atoms with Crippen molar-refractivity contribution in [2.24, 2.45) is 5.73 Å². The Bertz CT molecular complexity index is 672. The second kappa shape index (κ2) is 13.0. The molecule has 0 aromatic heterocycles. The zero-order valence-corrected chi connectivity index (χ0v) is 18.8. The van der Waals surface area contributed by atoms with Gasteiger partial charge in [0.2, 0.25) is 0 Å². The molecule has 0 saturated carbocycles. The normalized spacial score (nSPS) is 12.0. The van der Waals surface area contributed by atoms with Crippen molar-refractivity contribution in [3.05, 3.63) is 25.1 Å². The number of nitrogens with two attached hydrogens (primary N) is 1. The molecule has 0 amide bonds. The van der Waals surface area contributed by atoms with E-state index in [2.05, 4.69) is 0 Å². The SMILES string of the molecule is CO[C@@H](CC(=O)Oc1c(Cl)c(Cl)c(Cl)c(Cl)c1Cl)C(=O)OCCCCCCN. The third kappa shape index (κ3) is 7.41. The molecule has 1 aromatic carbocycles. The topological polar surface area (TPSA) is 87.8 Å². The summed E-state index contributed by atoms with van der Waals surface area (Å²) >= 11 is 29.7. The van der Waals surface area contributed by atoms with Crippen LogP contribution in [0.25, 0.3) is 0 Å². The minimum Gasteiger partial charge on any atom is -0.464 e. The summed E-state index contributed by atoms with van der Waals surface area (Å²) in [5.41, 5.74) is 5.41. The first kappa shape index (κ1) is 25.6. The summed E-state index contributed by atoms with van der Waals surface area (Å²) in [4.78, 5) is 24.2. The van der Waals surface area contributed by atoms with Crippen molar-refractivity contribution in [1.29, 1.82) is 0 Å². The third-order valence-electron chi connectivity index (χ3n) is 3.63. The van der Waals surface area contributed by atoms with Gasteiger partial charge in [0.15, 0.2) is 11.9 Å². The molecular weight excluding hydrogens is 475 g/mol. The number of hydrogen-bond acceptors (Lipinski definition) is 6. The van der Waals surface area contributed by atoms with Crippen molar-refractivity contribution in [1.82, 2.24) is 0 Å². The molecule has 0 unspecified atom stereocenters. The van der Waals surface area contributed by atoms with E-state index >= 15 is 0 Å². The molecule has 0 bridgehead atoms. The number of carbonyl (C=O) groups is 2. The van der Waals surface area contributed by atoms with E-state index in [1.165, 1.54) is 7.11 Å². The van der Waals surface area contributed by atoms with Crippen LogP contribution in [0.5, 0.6) is 5.75 Å². The fourth-order valence-electron chi connectivity index (χ4n) is 2.11. The van der Waals surface area contributed by atoms with Gasteiger partial charge < -0.3 is 19.9 Å². The first-order valence-corrected chi connectivity index (χ1v) is 10.2. The molecule has 1 aromatic rings. The Kier molecular flexibility index (Phi) is 11.8. The van der Waals surface area contributed by atoms with Gasteiger partial charge in [0.25, 0.3) is 0 Å². The highest BCUT2D eigenvalue weighted by atomic mass is 35.5. The molecule has 0 aliphatic heterocycles. The molecule has 1 atom stereocenters. The van der Waals surface area contributed by atoms with Crippen molar-refractivity contribution < 1.29 is 23.8 Å². The summed E-state index contributed by atoms with van der Waals surface area (Å²) in [5, 5.41) is -0.648. The lowest BCUT2D eigenvalue weighted by molar-refractivity contribution is -0.159. The number of benzene rings is 1. The molecule has 1 rings (SSSR count). The van der Waals surface area contributed by atoms with Crippen molar-refractivity contribution in [2.75, 3.05) is 20.3 Å². The predicted molar refractivity (Wildman–Crippen MR) is 111 cm³/mol. The standard InChI is InChI=1S/C17H20Cl5NO5/c1-26-9(17(25)27-7-5-3-2-4-6-23)8-10(24)28-16-14(21)12(19)11(18)13(20)15(16)22/h9H,2-8,23H2,1H3/t9-/m0/s1. The fraction of sp³-hybridized carbons (Fsp3) is 0.529. The van der Waals surface area contributed by atoms with E-state index < -0.39 is 24.5 Å². The smallest absolute Gasteiger partial charge is 0.335 e. The summed E-state index contributed by atoms with van der Waals surface area (Å²) in [7, 11) is 1.27. The average molecular weight is 496 g/mol. The van der Waals surface area contributed by atoms with E-state index in [1.54, 1.807) is 0 Å². The highest BCUT2D eigenvalue weighted by molar-refractivity contribution is 6.55. The van der Waals surface area contributed by atoms with Gasteiger partial charge in [-0.15, -0.1) is 0 Å². The minimum atomic E-state index is -1.15. The van der Waals surface area contributed by atoms with Crippen LogP contribution in [0.4, 0.5) is 0 Å². The van der Waals surface area contributed by atoms with Crippen LogP contribution >= 0.6 is 58.0 Å². The predicted octanol–water partition coefficient (Wildman–Crippen LogP) is 5.33. The molecular formula is C17H20Cl5NO5. The van der Waals surface area contributed by atoms with Crippen molar-refractivity contribution in [2.45, 2.75) is 38.2 Å². The largest absolute Gasteiger partial charge is 0.464 e. The maximum atomic E-state index is 12.2. The average Bonchev–Trinajstić information content (AvgIpc) is 2.68. The van der Waals surface area contributed by atoms with E-state index in [0.29, 0.717) is 13.0 Å². The number of carbonyl (C=O) groups excluding carboxylic acids is 2. The Labute approximate surface area is 188 Å². The van der Waals surface area contributed by atoms with E-state index in [4.69, 9.17) is 77.9 Å². The number of hydrogen-bond donors (Lipinski definition) is 1. The maximum absolute atomic E-state index is 12.2. The quantitative estimate of drug-likeness (QED) is 0.147. The van der Waals surface area contributed by atoms with E-state index in [-0.39, 0.29) is 37.5 Å². The van der Waals surface area contributed by atoms with Gasteiger partial charge in [-0.25, -0.2) is 4.79 Å². The summed E-state index contributed by atoms with van der Waals surface area (Å²) in [6, 6.07) is 0. The van der Waals surface area contributed by atoms with E-state index in [9.17, 15) is 9.59 Å². The number of halogens is 5. The monoisotopic (exact) mass is 493 g/mol. The highest BCUT2D eigenvalue weighted by Gasteiger charge is 2.27. The highest BCUT2D eigenvalue weighted by Crippen LogP contribution is 2.48. The number of unbranched alkanes of at least 4 members (excludes halogenated alkanes) is 3. The van der Waals surface area contributed by atoms with Crippen molar-refractivity contribution in [3.63, 3.8) is 0 Å². The molecule has 0 fully saturated rings. The fourth-order valence-corrected chi connectivity index (χ4v) is 3.31. The van der Waals surface area contributed by atoms with Crippen molar-refractivity contribution in [3.8, 4) is 5.75 Å². The molecule has 0 heterocycles.